The van der Waals surface area contributed by atoms with Crippen molar-refractivity contribution >= 4 is 27.5 Å². The molecule has 0 spiro atoms. The van der Waals surface area contributed by atoms with E-state index in [1.807, 2.05) is 12.1 Å². The van der Waals surface area contributed by atoms with E-state index >= 15 is 0 Å². The van der Waals surface area contributed by atoms with Gasteiger partial charge in [0, 0.05) is 22.5 Å². The van der Waals surface area contributed by atoms with Crippen molar-refractivity contribution in [2.24, 2.45) is 5.92 Å². The minimum atomic E-state index is -0.166. The molecule has 1 N–H and O–H groups in total. The molecule has 0 aliphatic carbocycles. The number of hydrogen-bond acceptors (Lipinski definition) is 1. The van der Waals surface area contributed by atoms with Crippen LogP contribution in [0.4, 0.5) is 4.39 Å². The topological polar surface area (TPSA) is 12.0 Å². The zero-order valence-corrected chi connectivity index (χ0v) is 13.0. The van der Waals surface area contributed by atoms with Gasteiger partial charge in [0.15, 0.2) is 0 Å². The zero-order valence-electron chi connectivity index (χ0n) is 10.7. The normalized spacial score (nSPS) is 12.7. The maximum atomic E-state index is 13.6. The third-order valence-electron chi connectivity index (χ3n) is 2.98. The van der Waals surface area contributed by atoms with Gasteiger partial charge in [-0.2, -0.15) is 0 Å². The van der Waals surface area contributed by atoms with Crippen molar-refractivity contribution in [1.82, 2.24) is 5.32 Å². The molecule has 102 valence electrons. The molecule has 0 aromatic heterocycles. The molecule has 0 bridgehead atoms. The fourth-order valence-electron chi connectivity index (χ4n) is 1.99. The van der Waals surface area contributed by atoms with E-state index in [1.165, 1.54) is 12.5 Å². The molecule has 4 heteroatoms. The summed E-state index contributed by atoms with van der Waals surface area (Å²) in [6.07, 6.45) is 3.35. The Labute approximate surface area is 122 Å². The lowest BCUT2D eigenvalue weighted by Gasteiger charge is -2.15. The van der Waals surface area contributed by atoms with E-state index in [1.54, 1.807) is 0 Å². The van der Waals surface area contributed by atoms with Crippen molar-refractivity contribution in [3.63, 3.8) is 0 Å². The fourth-order valence-corrected chi connectivity index (χ4v) is 2.63. The van der Waals surface area contributed by atoms with Crippen LogP contribution in [0.2, 0.25) is 0 Å². The lowest BCUT2D eigenvalue weighted by Crippen LogP contribution is -2.23. The van der Waals surface area contributed by atoms with Crippen LogP contribution in [0.5, 0.6) is 0 Å². The molecule has 1 aromatic carbocycles. The van der Waals surface area contributed by atoms with Crippen molar-refractivity contribution in [3.8, 4) is 0 Å². The predicted molar refractivity (Wildman–Crippen MR) is 79.5 cm³/mol. The molecule has 1 atom stereocenters. The molecule has 0 aliphatic rings. The van der Waals surface area contributed by atoms with Crippen molar-refractivity contribution in [1.29, 1.82) is 0 Å². The maximum absolute atomic E-state index is 13.6. The van der Waals surface area contributed by atoms with Gasteiger partial charge >= 0.3 is 0 Å². The molecule has 1 rings (SSSR count). The average molecular weight is 337 g/mol. The van der Waals surface area contributed by atoms with E-state index in [4.69, 9.17) is 11.6 Å². The van der Waals surface area contributed by atoms with Crippen molar-refractivity contribution < 1.29 is 4.39 Å². The smallest absolute Gasteiger partial charge is 0.128 e. The van der Waals surface area contributed by atoms with Gasteiger partial charge in [-0.05, 0) is 37.4 Å². The third-order valence-corrected chi connectivity index (χ3v) is 3.69. The Morgan fingerprint density at radius 3 is 2.78 bits per heavy atom. The highest BCUT2D eigenvalue weighted by atomic mass is 79.9. The van der Waals surface area contributed by atoms with Crippen LogP contribution in [0.3, 0.4) is 0 Å². The van der Waals surface area contributed by atoms with Crippen molar-refractivity contribution in [2.75, 3.05) is 12.4 Å². The second kappa shape index (κ2) is 8.89. The molecule has 0 saturated carbocycles. The van der Waals surface area contributed by atoms with E-state index in [9.17, 15) is 4.39 Å². The molecule has 0 fully saturated rings. The van der Waals surface area contributed by atoms with Gasteiger partial charge in [0.1, 0.15) is 5.82 Å². The second-order valence-corrected chi connectivity index (χ2v) is 5.79. The molecule has 0 heterocycles. The van der Waals surface area contributed by atoms with Gasteiger partial charge in [0.2, 0.25) is 0 Å². The number of nitrogens with one attached hydrogen (secondary N) is 1. The quantitative estimate of drug-likeness (QED) is 0.677. The molecule has 0 saturated heterocycles. The van der Waals surface area contributed by atoms with Crippen LogP contribution in [0.15, 0.2) is 22.7 Å². The summed E-state index contributed by atoms with van der Waals surface area (Å²) in [7, 11) is 0. The van der Waals surface area contributed by atoms with E-state index in [2.05, 4.69) is 28.2 Å². The van der Waals surface area contributed by atoms with Crippen molar-refractivity contribution in [2.45, 2.75) is 32.7 Å². The van der Waals surface area contributed by atoms with Gasteiger partial charge in [-0.3, -0.25) is 0 Å². The zero-order chi connectivity index (χ0) is 13.4. The average Bonchev–Trinajstić information content (AvgIpc) is 2.32. The lowest BCUT2D eigenvalue weighted by molar-refractivity contribution is 0.428. The number of alkyl halides is 1. The van der Waals surface area contributed by atoms with Crippen LogP contribution in [-0.4, -0.2) is 12.4 Å². The summed E-state index contributed by atoms with van der Waals surface area (Å²) in [6.45, 7) is 3.65. The molecule has 18 heavy (non-hydrogen) atoms. The van der Waals surface area contributed by atoms with E-state index in [0.717, 1.165) is 23.9 Å². The summed E-state index contributed by atoms with van der Waals surface area (Å²) in [6, 6.07) is 5.17. The monoisotopic (exact) mass is 335 g/mol. The number of rotatable bonds is 8. The maximum Gasteiger partial charge on any atom is 0.128 e. The largest absolute Gasteiger partial charge is 0.312 e. The summed E-state index contributed by atoms with van der Waals surface area (Å²) < 4.78 is 14.4. The molecule has 1 nitrogen and oxygen atoms in total. The van der Waals surface area contributed by atoms with E-state index < -0.39 is 0 Å². The molecule has 0 radical (unpaired) electrons. The first kappa shape index (κ1) is 15.9. The Bertz CT molecular complexity index is 354. The first-order chi connectivity index (χ1) is 8.67. The lowest BCUT2D eigenvalue weighted by atomic mass is 10.0. The van der Waals surface area contributed by atoms with Crippen LogP contribution >= 0.6 is 27.5 Å². The molecular formula is C14H20BrClFN. The number of benzene rings is 1. The Morgan fingerprint density at radius 2 is 2.17 bits per heavy atom. The number of hydrogen-bond donors (Lipinski definition) is 1. The third kappa shape index (κ3) is 5.68. The van der Waals surface area contributed by atoms with Gasteiger partial charge in [-0.1, -0.05) is 35.3 Å². The standard InChI is InChI=1S/C14H20BrClFN/c1-2-3-11(6-7-16)9-18-10-12-4-5-13(15)8-14(12)17/h4-5,8,11,18H,2-3,6-7,9-10H2,1H3. The van der Waals surface area contributed by atoms with Crippen molar-refractivity contribution in [3.05, 3.63) is 34.1 Å². The Balaban J connectivity index is 2.39. The van der Waals surface area contributed by atoms with Crippen LogP contribution in [-0.2, 0) is 6.54 Å². The number of halogens is 3. The second-order valence-electron chi connectivity index (χ2n) is 4.50. The molecular weight excluding hydrogens is 317 g/mol. The van der Waals surface area contributed by atoms with Crippen LogP contribution in [0.25, 0.3) is 0 Å². The molecule has 0 aliphatic heterocycles. The minimum absolute atomic E-state index is 0.166. The summed E-state index contributed by atoms with van der Waals surface area (Å²) >= 11 is 9.03. The van der Waals surface area contributed by atoms with Gasteiger partial charge in [-0.15, -0.1) is 11.6 Å². The van der Waals surface area contributed by atoms with Gasteiger partial charge in [0.25, 0.3) is 0 Å². The van der Waals surface area contributed by atoms with E-state index in [-0.39, 0.29) is 5.82 Å². The summed E-state index contributed by atoms with van der Waals surface area (Å²) in [5.41, 5.74) is 0.708. The Hall–Kier alpha value is -0.120. The molecule has 1 unspecified atom stereocenters. The highest BCUT2D eigenvalue weighted by Crippen LogP contribution is 2.16. The first-order valence-electron chi connectivity index (χ1n) is 6.38. The van der Waals surface area contributed by atoms with E-state index in [0.29, 0.717) is 23.9 Å². The highest BCUT2D eigenvalue weighted by molar-refractivity contribution is 9.10. The van der Waals surface area contributed by atoms with Gasteiger partial charge in [-0.25, -0.2) is 4.39 Å². The predicted octanol–water partition coefficient (Wildman–Crippen LogP) is 4.72. The first-order valence-corrected chi connectivity index (χ1v) is 7.70. The Kier molecular flexibility index (Phi) is 7.87. The minimum Gasteiger partial charge on any atom is -0.312 e. The summed E-state index contributed by atoms with van der Waals surface area (Å²) in [5, 5.41) is 3.32. The summed E-state index contributed by atoms with van der Waals surface area (Å²) in [4.78, 5) is 0. The van der Waals surface area contributed by atoms with Crippen LogP contribution in [0.1, 0.15) is 31.7 Å². The highest BCUT2D eigenvalue weighted by Gasteiger charge is 2.08. The fraction of sp³-hybridized carbons (Fsp3) is 0.571. The van der Waals surface area contributed by atoms with Crippen LogP contribution in [0, 0.1) is 11.7 Å². The van der Waals surface area contributed by atoms with Gasteiger partial charge < -0.3 is 5.32 Å². The SMILES string of the molecule is CCCC(CCCl)CNCc1ccc(Br)cc1F. The van der Waals surface area contributed by atoms with Gasteiger partial charge in [0.05, 0.1) is 0 Å². The molecule has 0 amide bonds. The Morgan fingerprint density at radius 1 is 1.39 bits per heavy atom. The van der Waals surface area contributed by atoms with Crippen LogP contribution < -0.4 is 5.32 Å². The molecule has 1 aromatic rings. The summed E-state index contributed by atoms with van der Waals surface area (Å²) in [5.74, 6) is 1.12.